The highest BCUT2D eigenvalue weighted by atomic mass is 33.1. The zero-order chi connectivity index (χ0) is 57.7. The Bertz CT molecular complexity index is 2940. The van der Waals surface area contributed by atoms with E-state index in [0.717, 1.165) is 31.9 Å². The summed E-state index contributed by atoms with van der Waals surface area (Å²) in [6, 6.07) is 27.7. The maximum atomic E-state index is 15.0. The number of hydrogen-bond donors (Lipinski definition) is 11. The molecule has 6 rings (SSSR count). The highest BCUT2D eigenvalue weighted by molar-refractivity contribution is 8.76. The molecule has 21 nitrogen and oxygen atoms in total. The number of unbranched alkanes of at least 4 members (excludes halogenated alkanes) is 1. The quantitative estimate of drug-likeness (QED) is 0.0552. The maximum absolute atomic E-state index is 15.0. The zero-order valence-corrected chi connectivity index (χ0v) is 45.9. The van der Waals surface area contributed by atoms with Crippen LogP contribution < -0.4 is 48.7 Å². The average Bonchev–Trinajstić information content (AvgIpc) is 3.45. The summed E-state index contributed by atoms with van der Waals surface area (Å²) in [7, 11) is 3.30. The lowest BCUT2D eigenvalue weighted by atomic mass is 10.0. The van der Waals surface area contributed by atoms with E-state index in [1.54, 1.807) is 121 Å². The monoisotopic (exact) mass is 1130 g/mol. The molecule has 9 atom stereocenters. The molecule has 5 aromatic carbocycles. The van der Waals surface area contributed by atoms with Gasteiger partial charge in [-0.2, -0.15) is 0 Å². The molecule has 424 valence electrons. The third-order valence-electron chi connectivity index (χ3n) is 13.1. The van der Waals surface area contributed by atoms with Crippen LogP contribution in [0.3, 0.4) is 0 Å². The summed E-state index contributed by atoms with van der Waals surface area (Å²) in [4.78, 5) is 129. The molecule has 13 N–H and O–H groups in total. The zero-order valence-electron chi connectivity index (χ0n) is 44.2. The van der Waals surface area contributed by atoms with E-state index in [4.69, 9.17) is 11.5 Å². The van der Waals surface area contributed by atoms with E-state index in [9.17, 15) is 53.4 Å². The lowest BCUT2D eigenvalue weighted by Crippen LogP contribution is -2.64. The first-order valence-corrected chi connectivity index (χ1v) is 28.5. The molecule has 5 aromatic rings. The van der Waals surface area contributed by atoms with Gasteiger partial charge in [-0.1, -0.05) is 143 Å². The Balaban J connectivity index is 1.42. The van der Waals surface area contributed by atoms with Crippen LogP contribution in [0.2, 0.25) is 0 Å². The molecule has 80 heavy (non-hydrogen) atoms. The number of carbonyl (C=O) groups is 9. The molecule has 0 bridgehead atoms. The number of rotatable bonds is 14. The molecule has 0 aliphatic carbocycles. The highest BCUT2D eigenvalue weighted by Gasteiger charge is 2.38. The summed E-state index contributed by atoms with van der Waals surface area (Å²) >= 11 is 0. The fraction of sp³-hybridized carbons (Fsp3) is 0.351. The van der Waals surface area contributed by atoms with Gasteiger partial charge in [-0.05, 0) is 72.3 Å². The number of nitrogens with one attached hydrogen (secondary N) is 7. The molecule has 0 aromatic heterocycles. The van der Waals surface area contributed by atoms with Crippen molar-refractivity contribution in [2.24, 2.45) is 11.5 Å². The van der Waals surface area contributed by atoms with Crippen molar-refractivity contribution in [1.29, 1.82) is 0 Å². The Morgan fingerprint density at radius 1 is 0.562 bits per heavy atom. The molecule has 1 fully saturated rings. The number of carboxylic acid groups (broad SMARTS) is 1. The van der Waals surface area contributed by atoms with E-state index >= 15 is 0 Å². The minimum Gasteiger partial charge on any atom is -0.480 e. The van der Waals surface area contributed by atoms with Gasteiger partial charge in [-0.25, -0.2) is 4.79 Å². The number of aliphatic carboxylic acids is 1. The van der Waals surface area contributed by atoms with Gasteiger partial charge < -0.3 is 63.8 Å². The van der Waals surface area contributed by atoms with Crippen molar-refractivity contribution in [2.45, 2.75) is 100 Å². The Kier molecular flexibility index (Phi) is 23.4. The number of hydrogen-bond acceptors (Lipinski definition) is 14. The number of carboxylic acids is 1. The molecule has 1 aliphatic rings. The van der Waals surface area contributed by atoms with Gasteiger partial charge in [0.25, 0.3) is 11.8 Å². The molecule has 23 heteroatoms. The second-order valence-corrected chi connectivity index (χ2v) is 21.8. The number of aliphatic hydroxyl groups excluding tert-OH is 1. The minimum atomic E-state index is -1.89. The van der Waals surface area contributed by atoms with Crippen molar-refractivity contribution in [3.63, 3.8) is 0 Å². The molecule has 1 aliphatic heterocycles. The Labute approximate surface area is 471 Å². The standard InChI is InChI=1S/C57H68N10O11S2/c1-34(68)47-54(74)63-44(29-36-18-8-4-9-19-36)52(72)64-46(57(77)78)33-80-79-32-41(59)49(69)61-43(28-35-16-6-3-7-17-35)51(71)62-45(30-37-20-10-5-11-21-37)53(73)66-48(55(75)60-42(50(70)65-47)24-14-15-27-58)67(2)56(76)40-26-25-38-22-12-13-23-39(38)31-40/h3-13,16-23,25-26,31,34,41-48,68H,14-15,24,27-30,32-33,58-59H2,1-2H3,(H,60,75)(H,61,69)(H,62,71)(H,63,74)(H,64,72)(H,65,70)(H,66,73)(H,77,78)/t34?,41-,42+,43+,44+,45+,46+,47+,48-/m1/s1. The van der Waals surface area contributed by atoms with Crippen LogP contribution >= 0.6 is 21.6 Å². The second-order valence-electron chi connectivity index (χ2n) is 19.3. The number of fused-ring (bicyclic) bond motifs is 1. The van der Waals surface area contributed by atoms with E-state index in [2.05, 4.69) is 37.2 Å². The van der Waals surface area contributed by atoms with Gasteiger partial charge in [-0.15, -0.1) is 0 Å². The molecule has 1 unspecified atom stereocenters. The number of aliphatic hydroxyl groups is 1. The molecule has 0 radical (unpaired) electrons. The Hall–Kier alpha value is -7.83. The predicted molar refractivity (Wildman–Crippen MR) is 305 cm³/mol. The summed E-state index contributed by atoms with van der Waals surface area (Å²) in [6.45, 7) is 1.42. The number of benzene rings is 5. The first-order valence-electron chi connectivity index (χ1n) is 26.0. The van der Waals surface area contributed by atoms with Crippen LogP contribution in [0, 0.1) is 0 Å². The first-order chi connectivity index (χ1) is 38.4. The molecular formula is C57H68N10O11S2. The predicted octanol–water partition coefficient (Wildman–Crippen LogP) is 1.31. The van der Waals surface area contributed by atoms with Gasteiger partial charge in [-0.3, -0.25) is 38.4 Å². The topological polar surface area (TPSA) is 334 Å². The lowest BCUT2D eigenvalue weighted by Gasteiger charge is -2.32. The number of carbonyl (C=O) groups excluding carboxylic acids is 8. The summed E-state index contributed by atoms with van der Waals surface area (Å²) < 4.78 is 0. The van der Waals surface area contributed by atoms with Crippen LogP contribution in [0.4, 0.5) is 0 Å². The average molecular weight is 1130 g/mol. The number of nitrogens with zero attached hydrogens (tertiary/aromatic N) is 1. The van der Waals surface area contributed by atoms with Crippen LogP contribution in [-0.2, 0) is 57.6 Å². The second kappa shape index (κ2) is 30.5. The Morgan fingerprint density at radius 2 is 1.02 bits per heavy atom. The van der Waals surface area contributed by atoms with Crippen molar-refractivity contribution in [3.8, 4) is 0 Å². The van der Waals surface area contributed by atoms with E-state index in [-0.39, 0.29) is 55.7 Å². The smallest absolute Gasteiger partial charge is 0.327 e. The van der Waals surface area contributed by atoms with Crippen LogP contribution in [0.25, 0.3) is 10.8 Å². The highest BCUT2D eigenvalue weighted by Crippen LogP contribution is 2.23. The van der Waals surface area contributed by atoms with Crippen molar-refractivity contribution in [2.75, 3.05) is 25.1 Å². The first kappa shape index (κ1) is 61.4. The number of nitrogens with two attached hydrogens (primary N) is 2. The molecule has 1 saturated heterocycles. The van der Waals surface area contributed by atoms with Gasteiger partial charge in [0.05, 0.1) is 12.1 Å². The van der Waals surface area contributed by atoms with Crippen LogP contribution in [0.1, 0.15) is 53.2 Å². The fourth-order valence-corrected chi connectivity index (χ4v) is 10.9. The van der Waals surface area contributed by atoms with Crippen molar-refractivity contribution in [3.05, 3.63) is 156 Å². The third kappa shape index (κ3) is 18.1. The van der Waals surface area contributed by atoms with Crippen LogP contribution in [-0.4, -0.2) is 148 Å². The maximum Gasteiger partial charge on any atom is 0.327 e. The van der Waals surface area contributed by atoms with E-state index < -0.39 is 108 Å². The normalized spacial score (nSPS) is 22.9. The summed E-state index contributed by atoms with van der Waals surface area (Å²) in [6.07, 6.45) is -3.32. The van der Waals surface area contributed by atoms with Crippen molar-refractivity contribution < 1.29 is 53.4 Å². The van der Waals surface area contributed by atoms with Crippen molar-refractivity contribution >= 4 is 85.6 Å². The third-order valence-corrected chi connectivity index (χ3v) is 15.6. The van der Waals surface area contributed by atoms with Gasteiger partial charge in [0.1, 0.15) is 36.3 Å². The van der Waals surface area contributed by atoms with Crippen molar-refractivity contribution in [1.82, 2.24) is 42.1 Å². The van der Waals surface area contributed by atoms with Gasteiger partial charge in [0, 0.05) is 43.4 Å². The fourth-order valence-electron chi connectivity index (χ4n) is 8.64. The van der Waals surface area contributed by atoms with Crippen LogP contribution in [0.15, 0.2) is 133 Å². The SMILES string of the molecule is CC(O)[C@@H]1NC(=O)[C@H](CCCCN)NC(=O)[C@@H](N(C)C(=O)c2ccc3ccccc3c2)NC(=O)[C@H](Cc2ccccc2)NC(=O)[C@H](Cc2ccccc2)NC(=O)[C@H](N)CSSC[C@@H](C(=O)O)NC(=O)[C@H](Cc2ccccc2)NC1=O. The molecular weight excluding hydrogens is 1060 g/mol. The number of amides is 8. The Morgan fingerprint density at radius 3 is 1.56 bits per heavy atom. The van der Waals surface area contributed by atoms with Gasteiger partial charge in [0.15, 0.2) is 6.17 Å². The molecule has 0 spiro atoms. The molecule has 1 heterocycles. The van der Waals surface area contributed by atoms with E-state index in [0.29, 0.717) is 28.5 Å². The number of likely N-dealkylation sites (N-methyl/N-ethyl adjacent to an activating group) is 1. The van der Waals surface area contributed by atoms with Crippen LogP contribution in [0.5, 0.6) is 0 Å². The van der Waals surface area contributed by atoms with Gasteiger partial charge >= 0.3 is 5.97 Å². The largest absolute Gasteiger partial charge is 0.480 e. The minimum absolute atomic E-state index is 0.0596. The summed E-state index contributed by atoms with van der Waals surface area (Å²) in [5.74, 6) is -8.96. The summed E-state index contributed by atoms with van der Waals surface area (Å²) in [5.41, 5.74) is 14.1. The molecule has 0 saturated carbocycles. The lowest BCUT2D eigenvalue weighted by molar-refractivity contribution is -0.141. The molecule has 8 amide bonds. The summed E-state index contributed by atoms with van der Waals surface area (Å²) in [5, 5.41) is 41.1. The van der Waals surface area contributed by atoms with E-state index in [1.807, 2.05) is 12.1 Å². The van der Waals surface area contributed by atoms with E-state index in [1.165, 1.54) is 14.0 Å². The van der Waals surface area contributed by atoms with Gasteiger partial charge in [0.2, 0.25) is 35.4 Å².